The highest BCUT2D eigenvalue weighted by atomic mass is 35.5. The molecule has 1 saturated heterocycles. The molecule has 1 aromatic heterocycles. The molecule has 9 heteroatoms. The number of benzene rings is 1. The van der Waals surface area contributed by atoms with Crippen LogP contribution in [0.5, 0.6) is 0 Å². The van der Waals surface area contributed by atoms with Gasteiger partial charge in [0.25, 0.3) is 0 Å². The van der Waals surface area contributed by atoms with E-state index in [-0.39, 0.29) is 35.2 Å². The number of carbonyl (C=O) groups excluding carboxylic acids is 1. The zero-order valence-corrected chi connectivity index (χ0v) is 17.8. The molecule has 1 aromatic carbocycles. The van der Waals surface area contributed by atoms with Gasteiger partial charge in [0.1, 0.15) is 0 Å². The normalized spacial score (nSPS) is 20.3. The zero-order valence-electron chi connectivity index (χ0n) is 14.6. The second-order valence-electron chi connectivity index (χ2n) is 6.50. The maximum atomic E-state index is 12.9. The van der Waals surface area contributed by atoms with Gasteiger partial charge < -0.3 is 4.90 Å². The minimum atomic E-state index is -3.03. The van der Waals surface area contributed by atoms with Gasteiger partial charge in [-0.15, -0.1) is 11.3 Å². The number of halogens is 1. The zero-order chi connectivity index (χ0) is 18.9. The first-order valence-electron chi connectivity index (χ1n) is 8.49. The number of sulfone groups is 1. The number of thiazole rings is 1. The van der Waals surface area contributed by atoms with Crippen molar-refractivity contribution in [3.63, 3.8) is 0 Å². The SMILES string of the molecule is CC[C@@H](C)N(C(=O)CSc1nc2cc(Cl)ccc2s1)[C@H]1CCS(=O)(=O)C1. The molecule has 1 amide bonds. The summed E-state index contributed by atoms with van der Waals surface area (Å²) in [7, 11) is -3.03. The molecule has 2 atom stereocenters. The predicted octanol–water partition coefficient (Wildman–Crippen LogP) is 3.86. The first-order valence-corrected chi connectivity index (χ1v) is 12.5. The molecular weight excluding hydrogens is 412 g/mol. The average Bonchev–Trinajstić information content (AvgIpc) is 3.15. The third-order valence-corrected chi connectivity index (χ3v) is 8.75. The summed E-state index contributed by atoms with van der Waals surface area (Å²) >= 11 is 8.92. The highest BCUT2D eigenvalue weighted by Crippen LogP contribution is 2.32. The van der Waals surface area contributed by atoms with Gasteiger partial charge in [-0.05, 0) is 38.0 Å². The number of aromatic nitrogens is 1. The molecule has 0 bridgehead atoms. The molecule has 0 spiro atoms. The molecule has 1 fully saturated rings. The molecule has 0 saturated carbocycles. The van der Waals surface area contributed by atoms with Crippen LogP contribution in [0.2, 0.25) is 5.02 Å². The van der Waals surface area contributed by atoms with E-state index in [2.05, 4.69) is 4.98 Å². The average molecular weight is 433 g/mol. The van der Waals surface area contributed by atoms with Gasteiger partial charge in [0.15, 0.2) is 14.2 Å². The topological polar surface area (TPSA) is 67.3 Å². The van der Waals surface area contributed by atoms with Crippen LogP contribution < -0.4 is 0 Å². The number of amides is 1. The lowest BCUT2D eigenvalue weighted by molar-refractivity contribution is -0.132. The standard InChI is InChI=1S/C17H21ClN2O3S3/c1-3-11(2)20(13-6-7-26(22,23)10-13)16(21)9-24-17-19-14-8-12(18)4-5-15(14)25-17/h4-5,8,11,13H,3,6-7,9-10H2,1-2H3/t11-,13+/m1/s1. The van der Waals surface area contributed by atoms with E-state index in [0.717, 1.165) is 21.0 Å². The van der Waals surface area contributed by atoms with Crippen molar-refractivity contribution >= 4 is 60.7 Å². The van der Waals surface area contributed by atoms with E-state index >= 15 is 0 Å². The van der Waals surface area contributed by atoms with E-state index in [1.807, 2.05) is 32.0 Å². The van der Waals surface area contributed by atoms with Crippen LogP contribution in [-0.2, 0) is 14.6 Å². The summed E-state index contributed by atoms with van der Waals surface area (Å²) in [6, 6.07) is 5.38. The third-order valence-electron chi connectivity index (χ3n) is 4.60. The molecule has 1 aliphatic rings. The summed E-state index contributed by atoms with van der Waals surface area (Å²) < 4.78 is 25.5. The first-order chi connectivity index (χ1) is 12.3. The smallest absolute Gasteiger partial charge is 0.233 e. The van der Waals surface area contributed by atoms with Crippen molar-refractivity contribution in [1.29, 1.82) is 0 Å². The Morgan fingerprint density at radius 3 is 2.92 bits per heavy atom. The summed E-state index contributed by atoms with van der Waals surface area (Å²) in [5.41, 5.74) is 0.832. The van der Waals surface area contributed by atoms with Crippen molar-refractivity contribution in [3.8, 4) is 0 Å². The number of hydrogen-bond donors (Lipinski definition) is 0. The summed E-state index contributed by atoms with van der Waals surface area (Å²) in [6.45, 7) is 3.99. The molecular formula is C17H21ClN2O3S3. The predicted molar refractivity (Wildman–Crippen MR) is 109 cm³/mol. The highest BCUT2D eigenvalue weighted by Gasteiger charge is 2.36. The molecule has 0 radical (unpaired) electrons. The first kappa shape index (κ1) is 19.9. The van der Waals surface area contributed by atoms with Crippen LogP contribution >= 0.6 is 34.7 Å². The maximum Gasteiger partial charge on any atom is 0.233 e. The van der Waals surface area contributed by atoms with Crippen molar-refractivity contribution in [2.24, 2.45) is 0 Å². The van der Waals surface area contributed by atoms with E-state index < -0.39 is 9.84 Å². The van der Waals surface area contributed by atoms with Gasteiger partial charge in [0, 0.05) is 17.1 Å². The Hall–Kier alpha value is -0.830. The molecule has 0 aliphatic carbocycles. The highest BCUT2D eigenvalue weighted by molar-refractivity contribution is 8.01. The lowest BCUT2D eigenvalue weighted by atomic mass is 10.1. The maximum absolute atomic E-state index is 12.9. The van der Waals surface area contributed by atoms with E-state index in [0.29, 0.717) is 11.4 Å². The summed E-state index contributed by atoms with van der Waals surface area (Å²) in [4.78, 5) is 19.2. The number of rotatable bonds is 6. The van der Waals surface area contributed by atoms with Crippen LogP contribution in [0.15, 0.2) is 22.5 Å². The van der Waals surface area contributed by atoms with E-state index in [1.54, 1.807) is 4.90 Å². The fraction of sp³-hybridized carbons (Fsp3) is 0.529. The summed E-state index contributed by atoms with van der Waals surface area (Å²) in [5, 5.41) is 0.640. The quantitative estimate of drug-likeness (QED) is 0.648. The van der Waals surface area contributed by atoms with Crippen LogP contribution in [0.3, 0.4) is 0 Å². The van der Waals surface area contributed by atoms with Crippen LogP contribution in [-0.4, -0.2) is 53.6 Å². The van der Waals surface area contributed by atoms with E-state index in [1.165, 1.54) is 23.1 Å². The number of fused-ring (bicyclic) bond motifs is 1. The molecule has 3 rings (SSSR count). The van der Waals surface area contributed by atoms with Gasteiger partial charge >= 0.3 is 0 Å². The molecule has 0 N–H and O–H groups in total. The molecule has 2 aromatic rings. The molecule has 5 nitrogen and oxygen atoms in total. The number of thioether (sulfide) groups is 1. The Kier molecular flexibility index (Phi) is 6.16. The van der Waals surface area contributed by atoms with Crippen LogP contribution in [0.1, 0.15) is 26.7 Å². The van der Waals surface area contributed by atoms with Crippen molar-refractivity contribution < 1.29 is 13.2 Å². The lowest BCUT2D eigenvalue weighted by Crippen LogP contribution is -2.47. The van der Waals surface area contributed by atoms with Gasteiger partial charge in [0.2, 0.25) is 5.91 Å². The third kappa shape index (κ3) is 4.52. The van der Waals surface area contributed by atoms with E-state index in [4.69, 9.17) is 11.6 Å². The van der Waals surface area contributed by atoms with Crippen molar-refractivity contribution in [1.82, 2.24) is 9.88 Å². The van der Waals surface area contributed by atoms with Gasteiger partial charge in [-0.25, -0.2) is 13.4 Å². The number of hydrogen-bond acceptors (Lipinski definition) is 6. The largest absolute Gasteiger partial charge is 0.335 e. The summed E-state index contributed by atoms with van der Waals surface area (Å²) in [5.74, 6) is 0.481. The monoisotopic (exact) mass is 432 g/mol. The van der Waals surface area contributed by atoms with Gasteiger partial charge in [-0.3, -0.25) is 4.79 Å². The fourth-order valence-corrected chi connectivity index (χ4v) is 6.94. The number of carbonyl (C=O) groups is 1. The Balaban J connectivity index is 1.70. The van der Waals surface area contributed by atoms with Crippen LogP contribution in [0.4, 0.5) is 0 Å². The van der Waals surface area contributed by atoms with Gasteiger partial charge in [-0.2, -0.15) is 0 Å². The Morgan fingerprint density at radius 2 is 2.27 bits per heavy atom. The second-order valence-corrected chi connectivity index (χ2v) is 11.4. The minimum absolute atomic E-state index is 0.0237. The Bertz CT molecular complexity index is 913. The minimum Gasteiger partial charge on any atom is -0.335 e. The van der Waals surface area contributed by atoms with E-state index in [9.17, 15) is 13.2 Å². The molecule has 142 valence electrons. The van der Waals surface area contributed by atoms with Crippen molar-refractivity contribution in [3.05, 3.63) is 23.2 Å². The van der Waals surface area contributed by atoms with Gasteiger partial charge in [-0.1, -0.05) is 30.3 Å². The number of nitrogens with zero attached hydrogens (tertiary/aromatic N) is 2. The van der Waals surface area contributed by atoms with Crippen molar-refractivity contribution in [2.45, 2.75) is 43.1 Å². The van der Waals surface area contributed by atoms with Crippen molar-refractivity contribution in [2.75, 3.05) is 17.3 Å². The Labute approximate surface area is 167 Å². The van der Waals surface area contributed by atoms with Crippen LogP contribution in [0, 0.1) is 0 Å². The molecule has 2 heterocycles. The van der Waals surface area contributed by atoms with Crippen LogP contribution in [0.25, 0.3) is 10.2 Å². The molecule has 26 heavy (non-hydrogen) atoms. The Morgan fingerprint density at radius 1 is 1.50 bits per heavy atom. The fourth-order valence-electron chi connectivity index (χ4n) is 3.14. The molecule has 0 unspecified atom stereocenters. The second kappa shape index (κ2) is 8.04. The summed E-state index contributed by atoms with van der Waals surface area (Å²) in [6.07, 6.45) is 1.33. The molecule has 1 aliphatic heterocycles. The van der Waals surface area contributed by atoms with Gasteiger partial charge in [0.05, 0.1) is 27.5 Å². The lowest BCUT2D eigenvalue weighted by Gasteiger charge is -2.33.